The van der Waals surface area contributed by atoms with Crippen molar-refractivity contribution >= 4 is 0 Å². The Hall–Kier alpha value is -0.460. The van der Waals surface area contributed by atoms with Crippen LogP contribution in [0.5, 0.6) is 0 Å². The van der Waals surface area contributed by atoms with E-state index in [2.05, 4.69) is 5.73 Å². The monoisotopic (exact) mass is 195 g/mol. The van der Waals surface area contributed by atoms with E-state index < -0.39 is 31.2 Å². The summed E-state index contributed by atoms with van der Waals surface area (Å²) in [5, 5.41) is 0. The molecule has 0 aliphatic heterocycles. The van der Waals surface area contributed by atoms with Crippen LogP contribution in [0.4, 0.5) is 26.3 Å². The second-order valence-corrected chi connectivity index (χ2v) is 2.40. The van der Waals surface area contributed by atoms with Gasteiger partial charge in [-0.2, -0.15) is 26.3 Å². The highest BCUT2D eigenvalue weighted by Gasteiger charge is 2.36. The number of nitrogens with two attached hydrogens (primary N) is 1. The topological polar surface area (TPSA) is 26.0 Å². The van der Waals surface area contributed by atoms with E-state index >= 15 is 0 Å². The molecular weight excluding hydrogens is 188 g/mol. The van der Waals surface area contributed by atoms with Gasteiger partial charge in [-0.1, -0.05) is 0 Å². The van der Waals surface area contributed by atoms with Crippen LogP contribution in [0, 0.1) is 0 Å². The number of rotatable bonds is 2. The maximum absolute atomic E-state index is 11.4. The Bertz CT molecular complexity index is 120. The Balaban J connectivity index is 3.83. The van der Waals surface area contributed by atoms with Crippen LogP contribution in [-0.4, -0.2) is 18.4 Å². The van der Waals surface area contributed by atoms with E-state index in [0.29, 0.717) is 0 Å². The van der Waals surface area contributed by atoms with Gasteiger partial charge >= 0.3 is 12.4 Å². The predicted octanol–water partition coefficient (Wildman–Crippen LogP) is 2.22. The minimum absolute atomic E-state index is 1.60. The lowest BCUT2D eigenvalue weighted by molar-refractivity contribution is -0.161. The van der Waals surface area contributed by atoms with Crippen molar-refractivity contribution in [2.45, 2.75) is 31.2 Å². The molecular formula is C5H7F6N. The van der Waals surface area contributed by atoms with Crippen molar-refractivity contribution in [1.82, 2.24) is 0 Å². The summed E-state index contributed by atoms with van der Waals surface area (Å²) in [5.74, 6) is 0. The Kier molecular flexibility index (Phi) is 3.37. The fourth-order valence-corrected chi connectivity index (χ4v) is 0.667. The van der Waals surface area contributed by atoms with Crippen LogP contribution in [0.15, 0.2) is 0 Å². The largest absolute Gasteiger partial charge is 0.390 e. The van der Waals surface area contributed by atoms with Gasteiger partial charge in [0.1, 0.15) is 0 Å². The molecule has 1 nitrogen and oxygen atoms in total. The Morgan fingerprint density at radius 3 is 1.25 bits per heavy atom. The normalized spacial score (nSPS) is 14.0. The molecule has 0 aromatic carbocycles. The van der Waals surface area contributed by atoms with E-state index in [1.54, 1.807) is 0 Å². The summed E-state index contributed by atoms with van der Waals surface area (Å²) in [4.78, 5) is 0. The van der Waals surface area contributed by atoms with Crippen LogP contribution in [0.1, 0.15) is 12.8 Å². The molecule has 0 atom stereocenters. The second kappa shape index (κ2) is 3.51. The smallest absolute Gasteiger partial charge is 0.327 e. The molecule has 0 aromatic rings. The van der Waals surface area contributed by atoms with Crippen molar-refractivity contribution in [1.29, 1.82) is 0 Å². The molecule has 0 unspecified atom stereocenters. The van der Waals surface area contributed by atoms with Crippen LogP contribution in [0.2, 0.25) is 0 Å². The standard InChI is InChI=1S/C5H7F6N/c6-4(7,8)1-3(12)2-5(9,10)11/h3H,1-2,12H2. The van der Waals surface area contributed by atoms with Crippen LogP contribution >= 0.6 is 0 Å². The lowest BCUT2D eigenvalue weighted by Gasteiger charge is -2.15. The van der Waals surface area contributed by atoms with Gasteiger partial charge in [-0.25, -0.2) is 0 Å². The second-order valence-electron chi connectivity index (χ2n) is 2.40. The number of hydrogen-bond acceptors (Lipinski definition) is 1. The fraction of sp³-hybridized carbons (Fsp3) is 1.00. The highest BCUT2D eigenvalue weighted by atomic mass is 19.4. The number of halogens is 6. The summed E-state index contributed by atoms with van der Waals surface area (Å²) < 4.78 is 68.6. The third-order valence-corrected chi connectivity index (χ3v) is 0.987. The first kappa shape index (κ1) is 11.5. The summed E-state index contributed by atoms with van der Waals surface area (Å²) in [6.45, 7) is 0. The summed E-state index contributed by atoms with van der Waals surface area (Å²) >= 11 is 0. The van der Waals surface area contributed by atoms with Gasteiger partial charge in [-0.15, -0.1) is 0 Å². The molecule has 0 bridgehead atoms. The van der Waals surface area contributed by atoms with Crippen LogP contribution in [0.25, 0.3) is 0 Å². The average molecular weight is 195 g/mol. The first-order chi connectivity index (χ1) is 5.10. The molecule has 0 fully saturated rings. The van der Waals surface area contributed by atoms with Gasteiger partial charge in [0.25, 0.3) is 0 Å². The molecule has 0 aliphatic rings. The molecule has 0 saturated heterocycles. The molecule has 0 aromatic heterocycles. The third-order valence-electron chi connectivity index (χ3n) is 0.987. The van der Waals surface area contributed by atoms with Crippen LogP contribution < -0.4 is 5.73 Å². The van der Waals surface area contributed by atoms with E-state index in [1.807, 2.05) is 0 Å². The third kappa shape index (κ3) is 7.64. The molecule has 0 rings (SSSR count). The SMILES string of the molecule is NC(CC(F)(F)F)CC(F)(F)F. The zero-order valence-corrected chi connectivity index (χ0v) is 5.84. The molecule has 7 heteroatoms. The molecule has 0 radical (unpaired) electrons. The fourth-order valence-electron chi connectivity index (χ4n) is 0.667. The summed E-state index contributed by atoms with van der Waals surface area (Å²) in [6.07, 6.45) is -12.5. The van der Waals surface area contributed by atoms with E-state index in [-0.39, 0.29) is 0 Å². The van der Waals surface area contributed by atoms with Crippen molar-refractivity contribution < 1.29 is 26.3 Å². The van der Waals surface area contributed by atoms with Gasteiger partial charge in [-0.05, 0) is 0 Å². The van der Waals surface area contributed by atoms with Gasteiger partial charge < -0.3 is 5.73 Å². The van der Waals surface area contributed by atoms with E-state index in [0.717, 1.165) is 0 Å². The maximum atomic E-state index is 11.4. The molecule has 0 heterocycles. The molecule has 2 N–H and O–H groups in total. The number of alkyl halides is 6. The molecule has 12 heavy (non-hydrogen) atoms. The van der Waals surface area contributed by atoms with E-state index in [1.165, 1.54) is 0 Å². The Labute approximate surface area is 64.5 Å². The summed E-state index contributed by atoms with van der Waals surface area (Å²) in [5.41, 5.74) is 4.61. The first-order valence-corrected chi connectivity index (χ1v) is 2.99. The maximum Gasteiger partial charge on any atom is 0.390 e. The number of hydrogen-bond donors (Lipinski definition) is 1. The molecule has 0 spiro atoms. The van der Waals surface area contributed by atoms with Crippen LogP contribution in [-0.2, 0) is 0 Å². The van der Waals surface area contributed by atoms with Crippen LogP contribution in [0.3, 0.4) is 0 Å². The van der Waals surface area contributed by atoms with Crippen molar-refractivity contribution in [3.8, 4) is 0 Å². The summed E-state index contributed by atoms with van der Waals surface area (Å²) in [6, 6.07) is -1.90. The molecule has 0 amide bonds. The Morgan fingerprint density at radius 2 is 1.08 bits per heavy atom. The highest BCUT2D eigenvalue weighted by Crippen LogP contribution is 2.27. The first-order valence-electron chi connectivity index (χ1n) is 2.99. The van der Waals surface area contributed by atoms with E-state index in [9.17, 15) is 26.3 Å². The van der Waals surface area contributed by atoms with Crippen molar-refractivity contribution in [3.63, 3.8) is 0 Å². The predicted molar refractivity (Wildman–Crippen MR) is 29.3 cm³/mol. The van der Waals surface area contributed by atoms with Gasteiger partial charge in [0.2, 0.25) is 0 Å². The quantitative estimate of drug-likeness (QED) is 0.671. The minimum Gasteiger partial charge on any atom is -0.327 e. The molecule has 0 aliphatic carbocycles. The zero-order valence-electron chi connectivity index (χ0n) is 5.84. The van der Waals surface area contributed by atoms with Crippen molar-refractivity contribution in [2.24, 2.45) is 5.73 Å². The zero-order chi connectivity index (χ0) is 9.99. The van der Waals surface area contributed by atoms with Gasteiger partial charge in [0.05, 0.1) is 12.8 Å². The Morgan fingerprint density at radius 1 is 0.833 bits per heavy atom. The average Bonchev–Trinajstić information content (AvgIpc) is 1.49. The highest BCUT2D eigenvalue weighted by molar-refractivity contribution is 4.69. The molecule has 0 saturated carbocycles. The van der Waals surface area contributed by atoms with Crippen molar-refractivity contribution in [3.05, 3.63) is 0 Å². The van der Waals surface area contributed by atoms with Gasteiger partial charge in [-0.3, -0.25) is 0 Å². The lowest BCUT2D eigenvalue weighted by Crippen LogP contribution is -2.32. The summed E-state index contributed by atoms with van der Waals surface area (Å²) in [7, 11) is 0. The van der Waals surface area contributed by atoms with E-state index in [4.69, 9.17) is 0 Å². The van der Waals surface area contributed by atoms with Gasteiger partial charge in [0, 0.05) is 6.04 Å². The van der Waals surface area contributed by atoms with Crippen molar-refractivity contribution in [2.75, 3.05) is 0 Å². The minimum atomic E-state index is -4.63. The lowest BCUT2D eigenvalue weighted by atomic mass is 10.1. The van der Waals surface area contributed by atoms with Gasteiger partial charge in [0.15, 0.2) is 0 Å². The molecule has 74 valence electrons.